The molecular weight excluding hydrogens is 318 g/mol. The second-order valence-electron chi connectivity index (χ2n) is 6.34. The van der Waals surface area contributed by atoms with Gasteiger partial charge in [-0.15, -0.1) is 0 Å². The van der Waals surface area contributed by atoms with Crippen molar-refractivity contribution in [3.8, 4) is 0 Å². The molecule has 4 rings (SSSR count). The molecule has 0 aromatic carbocycles. The Morgan fingerprint density at radius 3 is 2.80 bits per heavy atom. The fraction of sp³-hybridized carbons (Fsp3) is 0.333. The molecule has 0 bridgehead atoms. The van der Waals surface area contributed by atoms with E-state index in [1.807, 2.05) is 17.0 Å². The minimum atomic E-state index is -0.0862. The topological polar surface area (TPSA) is 73.0 Å². The maximum atomic E-state index is 12.7. The van der Waals surface area contributed by atoms with Crippen LogP contribution in [0.2, 0.25) is 0 Å². The standard InChI is InChI=1S/C18H19N5O2/c1-21-15-5-2-8-20-16(15)23(18(21)25)14-4-3-11-22(12-14)17(24)13-6-9-19-10-7-13/h2,5-10,14H,3-4,11-12H2,1H3/t14-/m0/s1. The van der Waals surface area contributed by atoms with Crippen molar-refractivity contribution in [2.24, 2.45) is 7.05 Å². The molecule has 3 aromatic heterocycles. The minimum Gasteiger partial charge on any atom is -0.337 e. The van der Waals surface area contributed by atoms with E-state index in [1.54, 1.807) is 46.9 Å². The monoisotopic (exact) mass is 337 g/mol. The predicted octanol–water partition coefficient (Wildman–Crippen LogP) is 1.61. The van der Waals surface area contributed by atoms with Gasteiger partial charge in [0.25, 0.3) is 5.91 Å². The summed E-state index contributed by atoms with van der Waals surface area (Å²) in [5.74, 6) is -0.0201. The molecule has 0 radical (unpaired) electrons. The summed E-state index contributed by atoms with van der Waals surface area (Å²) in [6.07, 6.45) is 6.65. The first-order valence-corrected chi connectivity index (χ1v) is 8.38. The first kappa shape index (κ1) is 15.6. The number of carbonyl (C=O) groups is 1. The van der Waals surface area contributed by atoms with Crippen LogP contribution < -0.4 is 5.69 Å². The molecule has 1 amide bonds. The van der Waals surface area contributed by atoms with Gasteiger partial charge in [-0.2, -0.15) is 0 Å². The van der Waals surface area contributed by atoms with E-state index in [9.17, 15) is 9.59 Å². The molecule has 0 N–H and O–H groups in total. The van der Waals surface area contributed by atoms with Gasteiger partial charge in [-0.25, -0.2) is 9.78 Å². The zero-order valence-corrected chi connectivity index (χ0v) is 14.0. The highest BCUT2D eigenvalue weighted by molar-refractivity contribution is 5.94. The van der Waals surface area contributed by atoms with Gasteiger partial charge in [-0.3, -0.25) is 18.9 Å². The fourth-order valence-corrected chi connectivity index (χ4v) is 3.55. The van der Waals surface area contributed by atoms with E-state index in [0.29, 0.717) is 24.3 Å². The molecule has 1 aliphatic rings. The predicted molar refractivity (Wildman–Crippen MR) is 93.4 cm³/mol. The summed E-state index contributed by atoms with van der Waals surface area (Å²) in [5, 5.41) is 0. The SMILES string of the molecule is Cn1c(=O)n([C@H]2CCCN(C(=O)c3ccncc3)C2)c2ncccc21. The quantitative estimate of drug-likeness (QED) is 0.712. The number of aromatic nitrogens is 4. The maximum absolute atomic E-state index is 12.7. The van der Waals surface area contributed by atoms with Gasteiger partial charge in [-0.1, -0.05) is 0 Å². The highest BCUT2D eigenvalue weighted by Gasteiger charge is 2.28. The molecule has 1 fully saturated rings. The number of rotatable bonds is 2. The van der Waals surface area contributed by atoms with Crippen LogP contribution in [-0.2, 0) is 7.05 Å². The van der Waals surface area contributed by atoms with Gasteiger partial charge < -0.3 is 4.90 Å². The zero-order valence-electron chi connectivity index (χ0n) is 14.0. The van der Waals surface area contributed by atoms with Gasteiger partial charge in [-0.05, 0) is 37.1 Å². The number of imidazole rings is 1. The second-order valence-corrected chi connectivity index (χ2v) is 6.34. The Morgan fingerprint density at radius 1 is 1.20 bits per heavy atom. The molecule has 0 unspecified atom stereocenters. The van der Waals surface area contributed by atoms with Crippen molar-refractivity contribution in [2.45, 2.75) is 18.9 Å². The number of hydrogen-bond acceptors (Lipinski definition) is 4. The molecule has 128 valence electrons. The lowest BCUT2D eigenvalue weighted by Gasteiger charge is -2.33. The lowest BCUT2D eigenvalue weighted by Crippen LogP contribution is -2.43. The van der Waals surface area contributed by atoms with Crippen LogP contribution in [0, 0.1) is 0 Å². The first-order chi connectivity index (χ1) is 12.2. The minimum absolute atomic E-state index is 0.0201. The molecule has 1 saturated heterocycles. The van der Waals surface area contributed by atoms with Crippen LogP contribution in [0.5, 0.6) is 0 Å². The van der Waals surface area contributed by atoms with Crippen LogP contribution in [0.4, 0.5) is 0 Å². The summed E-state index contributed by atoms with van der Waals surface area (Å²) in [6, 6.07) is 7.09. The number of carbonyl (C=O) groups excluding carboxylic acids is 1. The Kier molecular flexibility index (Phi) is 3.83. The van der Waals surface area contributed by atoms with Crippen LogP contribution in [0.1, 0.15) is 29.2 Å². The molecule has 0 aliphatic carbocycles. The lowest BCUT2D eigenvalue weighted by molar-refractivity contribution is 0.0679. The smallest absolute Gasteiger partial charge is 0.330 e. The number of nitrogens with zero attached hydrogens (tertiary/aromatic N) is 5. The van der Waals surface area contributed by atoms with Crippen molar-refractivity contribution in [1.29, 1.82) is 0 Å². The summed E-state index contributed by atoms with van der Waals surface area (Å²) in [4.78, 5) is 35.6. The highest BCUT2D eigenvalue weighted by atomic mass is 16.2. The normalized spacial score (nSPS) is 17.8. The molecule has 7 heteroatoms. The Balaban J connectivity index is 1.68. The number of fused-ring (bicyclic) bond motifs is 1. The molecule has 0 saturated carbocycles. The summed E-state index contributed by atoms with van der Waals surface area (Å²) in [7, 11) is 1.76. The van der Waals surface area contributed by atoms with Crippen LogP contribution in [0.25, 0.3) is 11.2 Å². The Hall–Kier alpha value is -2.96. The van der Waals surface area contributed by atoms with Crippen LogP contribution in [0.3, 0.4) is 0 Å². The molecule has 25 heavy (non-hydrogen) atoms. The number of piperidine rings is 1. The van der Waals surface area contributed by atoms with E-state index in [2.05, 4.69) is 9.97 Å². The zero-order chi connectivity index (χ0) is 17.4. The maximum Gasteiger partial charge on any atom is 0.330 e. The van der Waals surface area contributed by atoms with Gasteiger partial charge in [0, 0.05) is 44.3 Å². The number of amides is 1. The van der Waals surface area contributed by atoms with Crippen molar-refractivity contribution in [1.82, 2.24) is 24.0 Å². The molecule has 3 aromatic rings. The first-order valence-electron chi connectivity index (χ1n) is 8.38. The molecular formula is C18H19N5O2. The third-order valence-electron chi connectivity index (χ3n) is 4.82. The number of pyridine rings is 2. The third kappa shape index (κ3) is 2.61. The van der Waals surface area contributed by atoms with Crippen LogP contribution in [0.15, 0.2) is 47.7 Å². The van der Waals surface area contributed by atoms with Crippen molar-refractivity contribution >= 4 is 17.1 Å². The van der Waals surface area contributed by atoms with Crippen molar-refractivity contribution in [3.63, 3.8) is 0 Å². The van der Waals surface area contributed by atoms with Gasteiger partial charge in [0.2, 0.25) is 0 Å². The van der Waals surface area contributed by atoms with Gasteiger partial charge in [0.1, 0.15) is 0 Å². The lowest BCUT2D eigenvalue weighted by atomic mass is 10.0. The number of aryl methyl sites for hydroxylation is 1. The molecule has 0 spiro atoms. The van der Waals surface area contributed by atoms with Crippen molar-refractivity contribution < 1.29 is 4.79 Å². The summed E-state index contributed by atoms with van der Waals surface area (Å²) < 4.78 is 3.35. The van der Waals surface area contributed by atoms with E-state index in [-0.39, 0.29) is 17.6 Å². The van der Waals surface area contributed by atoms with Crippen LogP contribution in [-0.4, -0.2) is 43.0 Å². The summed E-state index contributed by atoms with van der Waals surface area (Å²) in [5.41, 5.74) is 2.03. The average molecular weight is 337 g/mol. The highest BCUT2D eigenvalue weighted by Crippen LogP contribution is 2.24. The molecule has 7 nitrogen and oxygen atoms in total. The molecule has 1 atom stereocenters. The van der Waals surface area contributed by atoms with Gasteiger partial charge >= 0.3 is 5.69 Å². The fourth-order valence-electron chi connectivity index (χ4n) is 3.55. The number of hydrogen-bond donors (Lipinski definition) is 0. The molecule has 4 heterocycles. The summed E-state index contributed by atoms with van der Waals surface area (Å²) >= 11 is 0. The Morgan fingerprint density at radius 2 is 2.00 bits per heavy atom. The van der Waals surface area contributed by atoms with E-state index in [4.69, 9.17) is 0 Å². The van der Waals surface area contributed by atoms with E-state index >= 15 is 0 Å². The van der Waals surface area contributed by atoms with E-state index in [0.717, 1.165) is 18.4 Å². The molecule has 1 aliphatic heterocycles. The van der Waals surface area contributed by atoms with Crippen LogP contribution >= 0.6 is 0 Å². The Labute approximate surface area is 144 Å². The Bertz CT molecular complexity index is 976. The third-order valence-corrected chi connectivity index (χ3v) is 4.82. The second kappa shape index (κ2) is 6.16. The van der Waals surface area contributed by atoms with Crippen molar-refractivity contribution in [3.05, 3.63) is 58.9 Å². The van der Waals surface area contributed by atoms with E-state index < -0.39 is 0 Å². The van der Waals surface area contributed by atoms with Gasteiger partial charge in [0.15, 0.2) is 5.65 Å². The largest absolute Gasteiger partial charge is 0.337 e. The van der Waals surface area contributed by atoms with Gasteiger partial charge in [0.05, 0.1) is 11.6 Å². The number of likely N-dealkylation sites (tertiary alicyclic amines) is 1. The summed E-state index contributed by atoms with van der Waals surface area (Å²) in [6.45, 7) is 1.21. The average Bonchev–Trinajstić information content (AvgIpc) is 2.93. The van der Waals surface area contributed by atoms with Crippen molar-refractivity contribution in [2.75, 3.05) is 13.1 Å². The van der Waals surface area contributed by atoms with E-state index in [1.165, 1.54) is 0 Å².